The number of carbonyl (C=O) groups is 1. The third-order valence-electron chi connectivity index (χ3n) is 4.83. The van der Waals surface area contributed by atoms with Crippen LogP contribution in [0.15, 0.2) is 60.7 Å². The molecule has 1 unspecified atom stereocenters. The van der Waals surface area contributed by atoms with Gasteiger partial charge in [0.15, 0.2) is 5.52 Å². The van der Waals surface area contributed by atoms with E-state index in [1.54, 1.807) is 0 Å². The Kier molecular flexibility index (Phi) is 7.02. The molecule has 0 saturated carbocycles. The van der Waals surface area contributed by atoms with Gasteiger partial charge in [0, 0.05) is 24.4 Å². The summed E-state index contributed by atoms with van der Waals surface area (Å²) < 4.78 is 0. The second-order valence-electron chi connectivity index (χ2n) is 6.53. The zero-order chi connectivity index (χ0) is 18.0. The van der Waals surface area contributed by atoms with Crippen LogP contribution in [0.5, 0.6) is 0 Å². The number of carbonyl (C=O) groups excluding carboxylic acids is 1. The Morgan fingerprint density at radius 2 is 1.31 bits per heavy atom. The number of hydrogen-bond donors (Lipinski definition) is 0. The van der Waals surface area contributed by atoms with E-state index in [1.807, 2.05) is 25.1 Å². The van der Waals surface area contributed by atoms with Crippen LogP contribution in [-0.2, 0) is 0 Å². The van der Waals surface area contributed by atoms with Gasteiger partial charge in [-0.2, -0.15) is 0 Å². The zero-order valence-electron chi connectivity index (χ0n) is 16.2. The average molecular weight is 353 g/mol. The van der Waals surface area contributed by atoms with Crippen LogP contribution in [0.2, 0.25) is 0 Å². The average Bonchev–Trinajstić information content (AvgIpc) is 2.61. The van der Waals surface area contributed by atoms with Crippen molar-refractivity contribution in [3.63, 3.8) is 0 Å². The van der Waals surface area contributed by atoms with Gasteiger partial charge >= 0.3 is 0 Å². The first kappa shape index (κ1) is 20.7. The summed E-state index contributed by atoms with van der Waals surface area (Å²) in [6.45, 7) is 8.30. The second-order valence-corrected chi connectivity index (χ2v) is 7.81. The number of rotatable bonds is 4. The molecule has 0 aromatic heterocycles. The molecule has 3 heteroatoms. The molecule has 0 heterocycles. The van der Waals surface area contributed by atoms with Crippen LogP contribution in [0.1, 0.15) is 32.6 Å². The molecular formula is C23H23LiOP. The van der Waals surface area contributed by atoms with Crippen LogP contribution in [0, 0.1) is 27.7 Å². The molecule has 1 nitrogen and oxygen atoms in total. The summed E-state index contributed by atoms with van der Waals surface area (Å²) in [6, 6.07) is 20.8. The van der Waals surface area contributed by atoms with Crippen molar-refractivity contribution in [3.05, 3.63) is 88.5 Å². The van der Waals surface area contributed by atoms with E-state index in [4.69, 9.17) is 0 Å². The van der Waals surface area contributed by atoms with E-state index in [1.165, 1.54) is 22.3 Å². The van der Waals surface area contributed by atoms with Crippen LogP contribution < -0.4 is 5.30 Å². The standard InChI is InChI=1S/C23H23OP.Li/c1-15-14-16(2)22(18(4)17(15)3)23(24)25-21-12-10-20(11-13-21)19-8-6-5-7-9-19;/h5-14,25H,1-4H3;. The summed E-state index contributed by atoms with van der Waals surface area (Å²) in [6.07, 6.45) is 0. The van der Waals surface area contributed by atoms with E-state index in [0.29, 0.717) is 0 Å². The molecule has 26 heavy (non-hydrogen) atoms. The first-order valence-corrected chi connectivity index (χ1v) is 9.51. The minimum absolute atomic E-state index is 0. The van der Waals surface area contributed by atoms with Crippen molar-refractivity contribution in [3.8, 4) is 11.1 Å². The molecule has 0 aliphatic rings. The van der Waals surface area contributed by atoms with Crippen molar-refractivity contribution < 1.29 is 4.79 Å². The summed E-state index contributed by atoms with van der Waals surface area (Å²) in [5.41, 5.74) is 8.18. The Labute approximate surface area is 170 Å². The summed E-state index contributed by atoms with van der Waals surface area (Å²) in [5.74, 6) is 0. The summed E-state index contributed by atoms with van der Waals surface area (Å²) in [4.78, 5) is 12.9. The number of benzene rings is 3. The third kappa shape index (κ3) is 4.36. The Bertz CT molecular complexity index is 915. The Hall–Kier alpha value is -1.64. The van der Waals surface area contributed by atoms with Crippen LogP contribution in [0.25, 0.3) is 11.1 Å². The first-order valence-electron chi connectivity index (χ1n) is 8.51. The Morgan fingerprint density at radius 3 is 1.92 bits per heavy atom. The molecule has 127 valence electrons. The molecule has 1 radical (unpaired) electrons. The first-order chi connectivity index (χ1) is 12.0. The third-order valence-corrected chi connectivity index (χ3v) is 5.93. The maximum atomic E-state index is 12.9. The van der Waals surface area contributed by atoms with Gasteiger partial charge in [-0.15, -0.1) is 0 Å². The van der Waals surface area contributed by atoms with E-state index in [9.17, 15) is 4.79 Å². The van der Waals surface area contributed by atoms with Crippen molar-refractivity contribution in [1.29, 1.82) is 0 Å². The van der Waals surface area contributed by atoms with Crippen molar-refractivity contribution in [2.75, 3.05) is 0 Å². The molecule has 3 aromatic rings. The summed E-state index contributed by atoms with van der Waals surface area (Å²) >= 11 is 0. The number of hydrogen-bond acceptors (Lipinski definition) is 1. The van der Waals surface area contributed by atoms with Crippen molar-refractivity contribution in [2.24, 2.45) is 0 Å². The molecule has 0 fully saturated rings. The topological polar surface area (TPSA) is 17.1 Å². The van der Waals surface area contributed by atoms with Crippen molar-refractivity contribution in [2.45, 2.75) is 27.7 Å². The van der Waals surface area contributed by atoms with E-state index < -0.39 is 0 Å². The molecule has 0 spiro atoms. The molecular weight excluding hydrogens is 330 g/mol. The molecule has 0 bridgehead atoms. The van der Waals surface area contributed by atoms with Crippen molar-refractivity contribution in [1.82, 2.24) is 0 Å². The summed E-state index contributed by atoms with van der Waals surface area (Å²) in [5, 5.41) is 1.08. The molecule has 0 N–H and O–H groups in total. The number of aryl methyl sites for hydroxylation is 2. The van der Waals surface area contributed by atoms with E-state index in [0.717, 1.165) is 22.0 Å². The normalized spacial score (nSPS) is 10.8. The fraction of sp³-hybridized carbons (Fsp3) is 0.174. The van der Waals surface area contributed by atoms with Crippen LogP contribution in [-0.4, -0.2) is 24.4 Å². The van der Waals surface area contributed by atoms with Gasteiger partial charge in [0.2, 0.25) is 0 Å². The van der Waals surface area contributed by atoms with Gasteiger partial charge in [0.05, 0.1) is 0 Å². The molecule has 3 aromatic carbocycles. The van der Waals surface area contributed by atoms with Crippen LogP contribution in [0.4, 0.5) is 0 Å². The van der Waals surface area contributed by atoms with E-state index in [-0.39, 0.29) is 33.0 Å². The van der Waals surface area contributed by atoms with Gasteiger partial charge in [0.25, 0.3) is 0 Å². The predicted molar refractivity (Wildman–Crippen MR) is 115 cm³/mol. The zero-order valence-corrected chi connectivity index (χ0v) is 17.2. The Balaban J connectivity index is 0.00000243. The molecule has 0 saturated heterocycles. The SMILES string of the molecule is Cc1cc(C)c(C(=O)Pc2ccc(-c3ccccc3)cc2)c(C)c1C.[Li]. The Morgan fingerprint density at radius 1 is 0.731 bits per heavy atom. The van der Waals surface area contributed by atoms with Gasteiger partial charge in [-0.1, -0.05) is 60.7 Å². The van der Waals surface area contributed by atoms with Gasteiger partial charge < -0.3 is 0 Å². The van der Waals surface area contributed by atoms with Gasteiger partial charge in [-0.3, -0.25) is 4.79 Å². The van der Waals surface area contributed by atoms with Crippen LogP contribution in [0.3, 0.4) is 0 Å². The molecule has 0 amide bonds. The van der Waals surface area contributed by atoms with Gasteiger partial charge in [-0.25, -0.2) is 0 Å². The summed E-state index contributed by atoms with van der Waals surface area (Å²) in [7, 11) is 0.157. The maximum absolute atomic E-state index is 12.9. The largest absolute Gasteiger partial charge is 0.289 e. The van der Waals surface area contributed by atoms with E-state index >= 15 is 0 Å². The fourth-order valence-corrected chi connectivity index (χ4v) is 4.31. The maximum Gasteiger partial charge on any atom is 0.186 e. The molecule has 1 atom stereocenters. The molecule has 0 aliphatic carbocycles. The van der Waals surface area contributed by atoms with Gasteiger partial charge in [0.1, 0.15) is 0 Å². The van der Waals surface area contributed by atoms with E-state index in [2.05, 4.69) is 63.2 Å². The smallest absolute Gasteiger partial charge is 0.186 e. The van der Waals surface area contributed by atoms with Gasteiger partial charge in [-0.05, 0) is 75.0 Å². The quantitative estimate of drug-likeness (QED) is 0.456. The second kappa shape index (κ2) is 8.83. The minimum Gasteiger partial charge on any atom is -0.289 e. The minimum atomic E-state index is 0. The predicted octanol–water partition coefficient (Wildman–Crippen LogP) is 5.35. The molecule has 0 aliphatic heterocycles. The monoisotopic (exact) mass is 353 g/mol. The fourth-order valence-electron chi connectivity index (χ4n) is 3.20. The molecule has 3 rings (SSSR count). The van der Waals surface area contributed by atoms with Crippen molar-refractivity contribution >= 4 is 38.3 Å². The van der Waals surface area contributed by atoms with Crippen LogP contribution >= 0.6 is 8.58 Å².